The number of nitrogen functional groups attached to an aromatic ring is 1. The highest BCUT2D eigenvalue weighted by atomic mass is 16.5. The van der Waals surface area contributed by atoms with E-state index in [1.165, 1.54) is 24.8 Å². The van der Waals surface area contributed by atoms with Crippen molar-refractivity contribution in [2.75, 3.05) is 5.73 Å². The molecule has 2 unspecified atom stereocenters. The second-order valence-electron chi connectivity index (χ2n) is 6.10. The smallest absolute Gasteiger partial charge is 0.230 e. The number of rotatable bonds is 2. The molecule has 1 aromatic carbocycles. The zero-order chi connectivity index (χ0) is 13.0. The summed E-state index contributed by atoms with van der Waals surface area (Å²) in [4.78, 5) is 0. The van der Waals surface area contributed by atoms with Crippen LogP contribution >= 0.6 is 0 Å². The Morgan fingerprint density at radius 3 is 2.47 bits per heavy atom. The van der Waals surface area contributed by atoms with E-state index in [1.807, 2.05) is 0 Å². The fourth-order valence-electron chi connectivity index (χ4n) is 3.54. The van der Waals surface area contributed by atoms with Gasteiger partial charge < -0.3 is 10.3 Å². The molecule has 3 heteroatoms. The normalized spacial score (nSPS) is 28.4. The molecule has 2 atom stereocenters. The van der Waals surface area contributed by atoms with Gasteiger partial charge in [-0.3, -0.25) is 0 Å². The molecular weight excluding hydrogens is 236 g/mol. The minimum absolute atomic E-state index is 0.458. The summed E-state index contributed by atoms with van der Waals surface area (Å²) < 4.78 is 5.27. The van der Waals surface area contributed by atoms with Crippen LogP contribution in [-0.2, 0) is 0 Å². The predicted molar refractivity (Wildman–Crippen MR) is 74.7 cm³/mol. The van der Waals surface area contributed by atoms with Gasteiger partial charge in [0.25, 0.3) is 0 Å². The third kappa shape index (κ3) is 1.76. The maximum absolute atomic E-state index is 6.00. The second-order valence-corrected chi connectivity index (χ2v) is 6.10. The summed E-state index contributed by atoms with van der Waals surface area (Å²) in [5.74, 6) is 2.88. The molecule has 2 saturated carbocycles. The quantitative estimate of drug-likeness (QED) is 0.888. The van der Waals surface area contributed by atoms with Gasteiger partial charge in [0.05, 0.1) is 11.3 Å². The topological polar surface area (TPSA) is 52.0 Å². The van der Waals surface area contributed by atoms with Crippen LogP contribution in [0.3, 0.4) is 0 Å². The molecule has 2 N–H and O–H groups in total. The van der Waals surface area contributed by atoms with Gasteiger partial charge in [0.1, 0.15) is 0 Å². The Morgan fingerprint density at radius 1 is 1.11 bits per heavy atom. The van der Waals surface area contributed by atoms with E-state index in [2.05, 4.69) is 36.3 Å². The second kappa shape index (κ2) is 3.86. The van der Waals surface area contributed by atoms with Crippen molar-refractivity contribution in [1.29, 1.82) is 0 Å². The number of hydrogen-bond acceptors (Lipinski definition) is 3. The van der Waals surface area contributed by atoms with E-state index in [1.54, 1.807) is 0 Å². The third-order valence-electron chi connectivity index (χ3n) is 4.72. The van der Waals surface area contributed by atoms with Gasteiger partial charge in [-0.25, -0.2) is 0 Å². The molecule has 0 spiro atoms. The maximum Gasteiger partial charge on any atom is 0.230 e. The molecule has 1 aromatic heterocycles. The van der Waals surface area contributed by atoms with E-state index >= 15 is 0 Å². The third-order valence-corrected chi connectivity index (χ3v) is 4.72. The lowest BCUT2D eigenvalue weighted by Gasteiger charge is -2.10. The molecule has 0 aliphatic heterocycles. The van der Waals surface area contributed by atoms with Crippen LogP contribution in [0.4, 0.5) is 5.88 Å². The summed E-state index contributed by atoms with van der Waals surface area (Å²) in [6, 6.07) is 8.43. The Kier molecular flexibility index (Phi) is 2.25. The maximum atomic E-state index is 6.00. The van der Waals surface area contributed by atoms with Crippen molar-refractivity contribution >= 4 is 5.88 Å². The molecule has 19 heavy (non-hydrogen) atoms. The van der Waals surface area contributed by atoms with E-state index in [4.69, 9.17) is 10.3 Å². The van der Waals surface area contributed by atoms with Crippen LogP contribution in [0.15, 0.2) is 28.8 Å². The summed E-state index contributed by atoms with van der Waals surface area (Å²) in [6.45, 7) is 2.09. The molecule has 2 aromatic rings. The van der Waals surface area contributed by atoms with Gasteiger partial charge in [0.2, 0.25) is 5.88 Å². The van der Waals surface area contributed by atoms with E-state index in [9.17, 15) is 0 Å². The molecule has 2 fully saturated rings. The summed E-state index contributed by atoms with van der Waals surface area (Å²) in [5, 5.41) is 4.25. The molecule has 98 valence electrons. The number of aryl methyl sites for hydroxylation is 1. The van der Waals surface area contributed by atoms with Crippen LogP contribution in [0.1, 0.15) is 36.4 Å². The van der Waals surface area contributed by atoms with Gasteiger partial charge in [0.15, 0.2) is 0 Å². The largest absolute Gasteiger partial charge is 0.367 e. The van der Waals surface area contributed by atoms with Crippen molar-refractivity contribution in [2.24, 2.45) is 11.8 Å². The lowest BCUT2D eigenvalue weighted by atomic mass is 9.93. The number of fused-ring (bicyclic) bond motifs is 1. The van der Waals surface area contributed by atoms with Crippen LogP contribution in [0.2, 0.25) is 0 Å². The lowest BCUT2D eigenvalue weighted by Crippen LogP contribution is -1.99. The monoisotopic (exact) mass is 254 g/mol. The van der Waals surface area contributed by atoms with Crippen molar-refractivity contribution < 1.29 is 4.52 Å². The van der Waals surface area contributed by atoms with E-state index < -0.39 is 0 Å². The first-order valence-corrected chi connectivity index (χ1v) is 7.04. The Labute approximate surface area is 112 Å². The average molecular weight is 254 g/mol. The minimum Gasteiger partial charge on any atom is -0.367 e. The Balaban J connectivity index is 1.74. The van der Waals surface area contributed by atoms with Crippen LogP contribution in [0.5, 0.6) is 0 Å². The molecule has 4 rings (SSSR count). The van der Waals surface area contributed by atoms with Gasteiger partial charge in [-0.05, 0) is 43.6 Å². The zero-order valence-electron chi connectivity index (χ0n) is 11.1. The molecule has 1 heterocycles. The number of nitrogens with zero attached hydrogens (tertiary/aromatic N) is 1. The summed E-state index contributed by atoms with van der Waals surface area (Å²) in [5.41, 5.74) is 10.5. The molecule has 2 aliphatic carbocycles. The first-order valence-electron chi connectivity index (χ1n) is 7.04. The number of benzene rings is 1. The summed E-state index contributed by atoms with van der Waals surface area (Å²) in [7, 11) is 0. The van der Waals surface area contributed by atoms with Crippen LogP contribution in [0, 0.1) is 18.8 Å². The van der Waals surface area contributed by atoms with Crippen molar-refractivity contribution in [3.8, 4) is 11.1 Å². The van der Waals surface area contributed by atoms with Crippen molar-refractivity contribution in [3.63, 3.8) is 0 Å². The van der Waals surface area contributed by atoms with Crippen LogP contribution in [0.25, 0.3) is 11.1 Å². The van der Waals surface area contributed by atoms with Gasteiger partial charge in [-0.2, -0.15) is 0 Å². The molecule has 0 radical (unpaired) electrons. The number of aromatic nitrogens is 1. The van der Waals surface area contributed by atoms with Crippen LogP contribution in [-0.4, -0.2) is 5.16 Å². The molecule has 0 saturated heterocycles. The molecule has 3 nitrogen and oxygen atoms in total. The van der Waals surface area contributed by atoms with Crippen molar-refractivity contribution in [1.82, 2.24) is 5.16 Å². The number of hydrogen-bond donors (Lipinski definition) is 1. The standard InChI is InChI=1S/C16H18N2O/c1-9-2-4-10(5-3-9)14-15(18-19-16(14)17)13-7-11-6-12(11)8-13/h2-5,11-13H,6-8,17H2,1H3. The SMILES string of the molecule is Cc1ccc(-c2c(C3CC4CC4C3)noc2N)cc1. The van der Waals surface area contributed by atoms with E-state index in [0.717, 1.165) is 28.7 Å². The number of nitrogens with two attached hydrogens (primary N) is 1. The van der Waals surface area contributed by atoms with E-state index in [0.29, 0.717) is 11.8 Å². The first-order chi connectivity index (χ1) is 9.22. The highest BCUT2D eigenvalue weighted by molar-refractivity contribution is 5.75. The number of anilines is 1. The Morgan fingerprint density at radius 2 is 1.79 bits per heavy atom. The Hall–Kier alpha value is -1.77. The van der Waals surface area contributed by atoms with Gasteiger partial charge in [-0.15, -0.1) is 0 Å². The highest BCUT2D eigenvalue weighted by Gasteiger charge is 2.47. The summed E-state index contributed by atoms with van der Waals surface area (Å²) in [6.07, 6.45) is 3.94. The zero-order valence-corrected chi connectivity index (χ0v) is 11.1. The fourth-order valence-corrected chi connectivity index (χ4v) is 3.54. The molecule has 0 bridgehead atoms. The molecule has 2 aliphatic rings. The fraction of sp³-hybridized carbons (Fsp3) is 0.438. The van der Waals surface area contributed by atoms with Gasteiger partial charge in [0, 0.05) is 5.92 Å². The Bertz CT molecular complexity index is 604. The lowest BCUT2D eigenvalue weighted by molar-refractivity contribution is 0.416. The van der Waals surface area contributed by atoms with Crippen LogP contribution < -0.4 is 5.73 Å². The molecule has 0 amide bonds. The first kappa shape index (κ1) is 11.1. The molecular formula is C16H18N2O. The van der Waals surface area contributed by atoms with Crippen molar-refractivity contribution in [3.05, 3.63) is 35.5 Å². The summed E-state index contributed by atoms with van der Waals surface area (Å²) >= 11 is 0. The van der Waals surface area contributed by atoms with Gasteiger partial charge >= 0.3 is 0 Å². The van der Waals surface area contributed by atoms with E-state index in [-0.39, 0.29) is 0 Å². The highest BCUT2D eigenvalue weighted by Crippen LogP contribution is 2.58. The predicted octanol–water partition coefficient (Wildman–Crippen LogP) is 3.75. The average Bonchev–Trinajstić information content (AvgIpc) is 2.84. The van der Waals surface area contributed by atoms with Gasteiger partial charge in [-0.1, -0.05) is 35.0 Å². The minimum atomic E-state index is 0.458. The van der Waals surface area contributed by atoms with Crippen molar-refractivity contribution in [2.45, 2.75) is 32.1 Å².